The van der Waals surface area contributed by atoms with E-state index in [1.165, 1.54) is 12.3 Å². The van der Waals surface area contributed by atoms with Crippen molar-refractivity contribution in [3.63, 3.8) is 0 Å². The van der Waals surface area contributed by atoms with E-state index in [-0.39, 0.29) is 29.0 Å². The number of nitrogens with zero attached hydrogens (tertiary/aromatic N) is 3. The largest absolute Gasteiger partial charge is 0.511 e. The van der Waals surface area contributed by atoms with Gasteiger partial charge in [-0.1, -0.05) is 0 Å². The van der Waals surface area contributed by atoms with Crippen LogP contribution in [0, 0.1) is 5.82 Å². The zero-order chi connectivity index (χ0) is 21.6. The lowest BCUT2D eigenvalue weighted by molar-refractivity contribution is -0.118. The summed E-state index contributed by atoms with van der Waals surface area (Å²) in [5, 5.41) is 9.00. The maximum atomic E-state index is 15.0. The molecule has 0 bridgehead atoms. The van der Waals surface area contributed by atoms with Gasteiger partial charge >= 0.3 is 6.16 Å². The highest BCUT2D eigenvalue weighted by Gasteiger charge is 2.29. The lowest BCUT2D eigenvalue weighted by Crippen LogP contribution is -2.53. The Kier molecular flexibility index (Phi) is 5.23. The molecule has 2 aliphatic rings. The highest BCUT2D eigenvalue weighted by molar-refractivity contribution is 5.85. The van der Waals surface area contributed by atoms with Crippen LogP contribution in [0.4, 0.5) is 14.9 Å². The van der Waals surface area contributed by atoms with Crippen LogP contribution in [0.2, 0.25) is 0 Å². The molecule has 1 N–H and O–H groups in total. The van der Waals surface area contributed by atoms with Crippen LogP contribution in [0.1, 0.15) is 32.7 Å². The molecule has 30 heavy (non-hydrogen) atoms. The van der Waals surface area contributed by atoms with E-state index in [9.17, 15) is 14.4 Å². The number of benzene rings is 1. The molecule has 2 heterocycles. The van der Waals surface area contributed by atoms with E-state index in [1.54, 1.807) is 13.0 Å². The summed E-state index contributed by atoms with van der Waals surface area (Å²) in [6, 6.07) is 3.05. The van der Waals surface area contributed by atoms with Gasteiger partial charge in [-0.25, -0.2) is 9.18 Å². The van der Waals surface area contributed by atoms with Crippen LogP contribution in [0.15, 0.2) is 23.1 Å². The molecule has 1 saturated carbocycles. The smallest absolute Gasteiger partial charge is 0.449 e. The Balaban J connectivity index is 1.73. The molecule has 1 saturated heterocycles. The predicted molar refractivity (Wildman–Crippen MR) is 109 cm³/mol. The SMILES string of the molecule is CC(=O)CN1CCN(c2cc3c(cc2F)c(=O)c(OC(=O)O)cn3C2CC2)CC1C. The quantitative estimate of drug-likeness (QED) is 0.748. The van der Waals surface area contributed by atoms with Crippen LogP contribution in [0.5, 0.6) is 5.75 Å². The van der Waals surface area contributed by atoms with Crippen LogP contribution < -0.4 is 15.1 Å². The maximum Gasteiger partial charge on any atom is 0.511 e. The molecular formula is C21H24FN3O5. The second-order valence-electron chi connectivity index (χ2n) is 8.12. The number of rotatable bonds is 5. The summed E-state index contributed by atoms with van der Waals surface area (Å²) in [4.78, 5) is 39.1. The number of Topliss-reactive ketones (excluding diaryl/α,β-unsaturated/α-hetero) is 1. The summed E-state index contributed by atoms with van der Waals surface area (Å²) in [5.74, 6) is -0.762. The predicted octanol–water partition coefficient (Wildman–Crippen LogP) is 2.63. The van der Waals surface area contributed by atoms with Crippen molar-refractivity contribution in [3.8, 4) is 5.75 Å². The molecule has 2 fully saturated rings. The summed E-state index contributed by atoms with van der Waals surface area (Å²) in [7, 11) is 0. The monoisotopic (exact) mass is 417 g/mol. The van der Waals surface area contributed by atoms with E-state index in [4.69, 9.17) is 5.11 Å². The third-order valence-corrected chi connectivity index (χ3v) is 5.74. The van der Waals surface area contributed by atoms with Crippen LogP contribution in [0.3, 0.4) is 0 Å². The molecule has 0 spiro atoms. The lowest BCUT2D eigenvalue weighted by Gasteiger charge is -2.40. The molecule has 1 unspecified atom stereocenters. The molecule has 1 atom stereocenters. The first kappa shape index (κ1) is 20.3. The van der Waals surface area contributed by atoms with Crippen LogP contribution in [-0.4, -0.2) is 58.7 Å². The van der Waals surface area contributed by atoms with Gasteiger partial charge in [0.2, 0.25) is 5.43 Å². The zero-order valence-corrected chi connectivity index (χ0v) is 16.9. The third-order valence-electron chi connectivity index (χ3n) is 5.74. The number of hydrogen-bond acceptors (Lipinski definition) is 6. The van der Waals surface area contributed by atoms with Gasteiger partial charge in [-0.15, -0.1) is 0 Å². The number of halogens is 1. The first-order valence-corrected chi connectivity index (χ1v) is 10.0. The van der Waals surface area contributed by atoms with Crippen molar-refractivity contribution in [2.75, 3.05) is 31.1 Å². The van der Waals surface area contributed by atoms with Gasteiger partial charge in [0, 0.05) is 31.7 Å². The van der Waals surface area contributed by atoms with Gasteiger partial charge in [0.25, 0.3) is 0 Å². The summed E-state index contributed by atoms with van der Waals surface area (Å²) < 4.78 is 21.5. The van der Waals surface area contributed by atoms with E-state index in [0.29, 0.717) is 37.4 Å². The van der Waals surface area contributed by atoms with E-state index in [1.807, 2.05) is 16.4 Å². The molecule has 160 valence electrons. The van der Waals surface area contributed by atoms with Crippen molar-refractivity contribution in [2.45, 2.75) is 38.8 Å². The Labute approximate surface area is 172 Å². The number of carbonyl (C=O) groups is 2. The average molecular weight is 417 g/mol. The number of carbonyl (C=O) groups excluding carboxylic acids is 1. The minimum atomic E-state index is -1.58. The van der Waals surface area contributed by atoms with Crippen molar-refractivity contribution in [1.29, 1.82) is 0 Å². The summed E-state index contributed by atoms with van der Waals surface area (Å²) >= 11 is 0. The molecule has 0 amide bonds. The normalized spacial score (nSPS) is 19.8. The Hall–Kier alpha value is -2.94. The highest BCUT2D eigenvalue weighted by atomic mass is 19.1. The summed E-state index contributed by atoms with van der Waals surface area (Å²) in [5.41, 5.74) is 0.322. The lowest BCUT2D eigenvalue weighted by atomic mass is 10.1. The van der Waals surface area contributed by atoms with E-state index in [2.05, 4.69) is 9.64 Å². The van der Waals surface area contributed by atoms with Gasteiger partial charge in [0.15, 0.2) is 5.75 Å². The minimum Gasteiger partial charge on any atom is -0.449 e. The number of carboxylic acid groups (broad SMARTS) is 1. The molecule has 1 aliphatic heterocycles. The van der Waals surface area contributed by atoms with Crippen LogP contribution >= 0.6 is 0 Å². The molecular weight excluding hydrogens is 393 g/mol. The van der Waals surface area contributed by atoms with Crippen molar-refractivity contribution in [2.24, 2.45) is 0 Å². The number of aromatic nitrogens is 1. The Morgan fingerprint density at radius 1 is 1.27 bits per heavy atom. The number of anilines is 1. The minimum absolute atomic E-state index is 0.0784. The molecule has 1 aliphatic carbocycles. The van der Waals surface area contributed by atoms with E-state index >= 15 is 4.39 Å². The Bertz CT molecular complexity index is 1080. The second-order valence-corrected chi connectivity index (χ2v) is 8.12. The second kappa shape index (κ2) is 7.71. The van der Waals surface area contributed by atoms with Crippen molar-refractivity contribution in [3.05, 3.63) is 34.4 Å². The first-order chi connectivity index (χ1) is 14.2. The Morgan fingerprint density at radius 3 is 2.60 bits per heavy atom. The molecule has 8 nitrogen and oxygen atoms in total. The third kappa shape index (κ3) is 3.89. The summed E-state index contributed by atoms with van der Waals surface area (Å²) in [6.07, 6.45) is 1.63. The van der Waals surface area contributed by atoms with Gasteiger partial charge in [-0.2, -0.15) is 0 Å². The van der Waals surface area contributed by atoms with Gasteiger partial charge in [-0.05, 0) is 38.8 Å². The summed E-state index contributed by atoms with van der Waals surface area (Å²) in [6.45, 7) is 5.70. The van der Waals surface area contributed by atoms with Crippen molar-refractivity contribution in [1.82, 2.24) is 9.47 Å². The Morgan fingerprint density at radius 2 is 2.00 bits per heavy atom. The van der Waals surface area contributed by atoms with Gasteiger partial charge in [0.1, 0.15) is 11.6 Å². The first-order valence-electron chi connectivity index (χ1n) is 10.0. The standard InChI is InChI=1S/C21H24FN3O5/c1-12-9-24(6-5-23(12)10-13(2)26)18-8-17-15(7-16(18)22)20(27)19(30-21(28)29)11-25(17)14-3-4-14/h7-8,11-12,14H,3-6,9-10H2,1-2H3,(H,28,29). The van der Waals surface area contributed by atoms with Gasteiger partial charge < -0.3 is 19.3 Å². The van der Waals surface area contributed by atoms with Gasteiger partial charge in [0.05, 0.1) is 29.3 Å². The van der Waals surface area contributed by atoms with E-state index < -0.39 is 17.4 Å². The number of hydrogen-bond donors (Lipinski definition) is 1. The number of ketones is 1. The van der Waals surface area contributed by atoms with Crippen LogP contribution in [0.25, 0.3) is 10.9 Å². The molecule has 0 radical (unpaired) electrons. The fraction of sp³-hybridized carbons (Fsp3) is 0.476. The van der Waals surface area contributed by atoms with Crippen LogP contribution in [-0.2, 0) is 4.79 Å². The number of piperazine rings is 1. The highest BCUT2D eigenvalue weighted by Crippen LogP contribution is 2.39. The average Bonchev–Trinajstić information content (AvgIpc) is 3.50. The van der Waals surface area contributed by atoms with E-state index in [0.717, 1.165) is 12.8 Å². The van der Waals surface area contributed by atoms with Crippen molar-refractivity contribution >= 4 is 28.5 Å². The molecule has 1 aromatic carbocycles. The number of pyridine rings is 1. The number of fused-ring (bicyclic) bond motifs is 1. The topological polar surface area (TPSA) is 92.1 Å². The zero-order valence-electron chi connectivity index (χ0n) is 16.9. The molecule has 9 heteroatoms. The fourth-order valence-corrected chi connectivity index (χ4v) is 4.13. The number of ether oxygens (including phenoxy) is 1. The molecule has 4 rings (SSSR count). The van der Waals surface area contributed by atoms with Crippen molar-refractivity contribution < 1.29 is 23.8 Å². The molecule has 1 aromatic heterocycles. The van der Waals surface area contributed by atoms with Gasteiger partial charge in [-0.3, -0.25) is 14.5 Å². The maximum absolute atomic E-state index is 15.0. The fourth-order valence-electron chi connectivity index (χ4n) is 4.13. The molecule has 2 aromatic rings.